The second kappa shape index (κ2) is 11.4. The van der Waals surface area contributed by atoms with E-state index in [9.17, 15) is 4.79 Å². The average Bonchev–Trinajstić information content (AvgIpc) is 3.41. The van der Waals surface area contributed by atoms with E-state index >= 15 is 0 Å². The summed E-state index contributed by atoms with van der Waals surface area (Å²) in [6, 6.07) is 13.3. The molecule has 0 aromatic heterocycles. The maximum absolute atomic E-state index is 12.7. The standard InChI is InChI=1S/C19H18O5.IS.K/c1-19(17(20)12-5-8-14(21-2)9-6-12)18(24-19)13-7-10-15(22-3)16(11-13)23-4;1-2;/h5,7-11,18H,1H2,2-4H3;;/q-2;-1;+1. The molecule has 0 spiro atoms. The van der Waals surface area contributed by atoms with Crippen molar-refractivity contribution < 1.29 is 75.1 Å². The Morgan fingerprint density at radius 1 is 1.15 bits per heavy atom. The van der Waals surface area contributed by atoms with Crippen molar-refractivity contribution in [1.29, 1.82) is 0 Å². The molecule has 140 valence electrons. The molecule has 0 amide bonds. The van der Waals surface area contributed by atoms with E-state index in [4.69, 9.17) is 18.9 Å². The van der Waals surface area contributed by atoms with Gasteiger partial charge in [-0.1, -0.05) is 6.07 Å². The summed E-state index contributed by atoms with van der Waals surface area (Å²) in [5.41, 5.74) is 0.0725. The summed E-state index contributed by atoms with van der Waals surface area (Å²) in [5.74, 6) is 1.62. The third-order valence-electron chi connectivity index (χ3n) is 4.05. The number of hydrogen-bond acceptors (Lipinski definition) is 6. The van der Waals surface area contributed by atoms with Crippen LogP contribution in [0.25, 0.3) is 0 Å². The first-order valence-corrected chi connectivity index (χ1v) is 10.5. The van der Waals surface area contributed by atoms with Crippen LogP contribution in [0.15, 0.2) is 36.4 Å². The van der Waals surface area contributed by atoms with Gasteiger partial charge >= 0.3 is 51.4 Å². The number of epoxide rings is 1. The van der Waals surface area contributed by atoms with Crippen LogP contribution in [0.4, 0.5) is 0 Å². The molecule has 1 fully saturated rings. The number of carbonyl (C=O) groups is 1. The van der Waals surface area contributed by atoms with Gasteiger partial charge in [0, 0.05) is 11.4 Å². The van der Waals surface area contributed by atoms with E-state index in [2.05, 4.69) is 22.8 Å². The Bertz CT molecular complexity index is 771. The van der Waals surface area contributed by atoms with E-state index in [1.165, 1.54) is 0 Å². The van der Waals surface area contributed by atoms with Gasteiger partial charge in [-0.2, -0.15) is 0 Å². The van der Waals surface area contributed by atoms with E-state index in [1.807, 2.05) is 6.07 Å². The first-order valence-electron chi connectivity index (χ1n) is 7.54. The van der Waals surface area contributed by atoms with Crippen molar-refractivity contribution in [3.63, 3.8) is 0 Å². The summed E-state index contributed by atoms with van der Waals surface area (Å²) in [6.07, 6.45) is -0.430. The number of ketones is 1. The van der Waals surface area contributed by atoms with Gasteiger partial charge in [0.1, 0.15) is 0 Å². The zero-order chi connectivity index (χ0) is 19.3. The maximum Gasteiger partial charge on any atom is 1.00 e. The molecule has 5 nitrogen and oxygen atoms in total. The fourth-order valence-electron chi connectivity index (χ4n) is 2.61. The van der Waals surface area contributed by atoms with Crippen LogP contribution in [0.5, 0.6) is 17.2 Å². The maximum atomic E-state index is 12.7. The number of hydrogen-bond donors (Lipinski definition) is 0. The fourth-order valence-corrected chi connectivity index (χ4v) is 2.61. The summed E-state index contributed by atoms with van der Waals surface area (Å²) >= 11 is 1.73. The normalized spacial score (nSPS) is 19.7. The van der Waals surface area contributed by atoms with Crippen molar-refractivity contribution in [2.75, 3.05) is 21.3 Å². The van der Waals surface area contributed by atoms with Crippen molar-refractivity contribution in [3.05, 3.63) is 60.5 Å². The molecule has 3 rings (SSSR count). The van der Waals surface area contributed by atoms with E-state index in [0.29, 0.717) is 22.8 Å². The summed E-state index contributed by atoms with van der Waals surface area (Å²) in [7, 11) is 8.74. The van der Waals surface area contributed by atoms with Gasteiger partial charge in [-0.25, -0.2) is 0 Å². The molecule has 27 heavy (non-hydrogen) atoms. The second-order valence-corrected chi connectivity index (χ2v) is 5.47. The third-order valence-corrected chi connectivity index (χ3v) is 4.05. The Morgan fingerprint density at radius 3 is 2.33 bits per heavy atom. The van der Waals surface area contributed by atoms with Gasteiger partial charge in [0.15, 0.2) is 11.5 Å². The van der Waals surface area contributed by atoms with Gasteiger partial charge < -0.3 is 40.5 Å². The van der Waals surface area contributed by atoms with Crippen LogP contribution in [0, 0.1) is 13.0 Å². The molecule has 1 saturated heterocycles. The molecule has 0 aliphatic carbocycles. The van der Waals surface area contributed by atoms with Crippen molar-refractivity contribution >= 4 is 36.8 Å². The first-order chi connectivity index (χ1) is 12.5. The minimum absolute atomic E-state index is 0. The Kier molecular flexibility index (Phi) is 10.6. The van der Waals surface area contributed by atoms with Crippen molar-refractivity contribution in [3.8, 4) is 17.2 Å². The molecule has 0 saturated carbocycles. The van der Waals surface area contributed by atoms with Crippen LogP contribution in [0.2, 0.25) is 0 Å². The number of ether oxygens (including phenoxy) is 4. The molecule has 0 N–H and O–H groups in total. The van der Waals surface area contributed by atoms with Gasteiger partial charge in [-0.3, -0.25) is 21.2 Å². The number of benzene rings is 2. The Labute approximate surface area is 219 Å². The quantitative estimate of drug-likeness (QED) is 0.140. The largest absolute Gasteiger partial charge is 1.00 e. The van der Waals surface area contributed by atoms with Crippen LogP contribution < -0.4 is 65.6 Å². The van der Waals surface area contributed by atoms with E-state index in [1.54, 1.807) is 72.9 Å². The fraction of sp³-hybridized carbons (Fsp3) is 0.263. The summed E-state index contributed by atoms with van der Waals surface area (Å²) in [4.78, 5) is 12.7. The first kappa shape index (κ1) is 25.2. The number of methoxy groups -OCH3 is 3. The Hall–Kier alpha value is 0.186. The van der Waals surface area contributed by atoms with Gasteiger partial charge in [0.25, 0.3) is 0 Å². The monoisotopic (exact) mass is 524 g/mol. The molecule has 1 aliphatic rings. The number of rotatable bonds is 6. The molecule has 8 heteroatoms. The zero-order valence-electron chi connectivity index (χ0n) is 15.6. The minimum atomic E-state index is -1.15. The molecule has 2 unspecified atom stereocenters. The molecule has 0 bridgehead atoms. The average molecular weight is 524 g/mol. The molecule has 2 aromatic carbocycles. The third kappa shape index (κ3) is 5.62. The minimum Gasteiger partial charge on any atom is -0.713 e. The molecule has 2 atom stereocenters. The van der Waals surface area contributed by atoms with Crippen molar-refractivity contribution in [1.82, 2.24) is 0 Å². The van der Waals surface area contributed by atoms with Crippen LogP contribution in [0.1, 0.15) is 22.0 Å². The van der Waals surface area contributed by atoms with Crippen molar-refractivity contribution in [2.24, 2.45) is 0 Å². The number of Topliss-reactive ketones (excluding diaryl/α,β-unsaturated/α-hetero) is 1. The molecule has 2 aromatic rings. The zero-order valence-corrected chi connectivity index (χ0v) is 21.7. The molecule has 0 radical (unpaired) electrons. The van der Waals surface area contributed by atoms with Crippen molar-refractivity contribution in [2.45, 2.75) is 11.7 Å². The topological polar surface area (TPSA) is 57.3 Å². The van der Waals surface area contributed by atoms with Crippen LogP contribution in [-0.2, 0) is 14.5 Å². The summed E-state index contributed by atoms with van der Waals surface area (Å²) in [6.45, 7) is 3.96. The Balaban J connectivity index is 0.00000118. The molecule has 1 heterocycles. The predicted molar refractivity (Wildman–Crippen MR) is 109 cm³/mol. The number of carbonyl (C=O) groups excluding carboxylic acids is 1. The van der Waals surface area contributed by atoms with E-state index in [-0.39, 0.29) is 57.2 Å². The molecule has 1 aliphatic heterocycles. The van der Waals surface area contributed by atoms with E-state index < -0.39 is 11.7 Å². The smallest absolute Gasteiger partial charge is 0.713 e. The predicted octanol–water partition coefficient (Wildman–Crippen LogP) is 0.927. The number of halogens is 1. The summed E-state index contributed by atoms with van der Waals surface area (Å²) in [5, 5.41) is 0. The van der Waals surface area contributed by atoms with Crippen LogP contribution >= 0.6 is 21.2 Å². The Morgan fingerprint density at radius 2 is 1.81 bits per heavy atom. The van der Waals surface area contributed by atoms with Gasteiger partial charge in [-0.15, -0.1) is 29.8 Å². The SMILES string of the molecule is [CH2-]C1(C(=O)c2[c-]cc(OC)cc2)OC1c1ccc(OC)c(OC)c1.[K+].[S-]I. The molecular weight excluding hydrogens is 506 g/mol. The van der Waals surface area contributed by atoms with Gasteiger partial charge in [0.05, 0.1) is 33.2 Å². The molecular formula is C19H18IKO5S-2. The summed E-state index contributed by atoms with van der Waals surface area (Å²) < 4.78 is 21.2. The second-order valence-electron chi connectivity index (χ2n) is 5.47. The van der Waals surface area contributed by atoms with Gasteiger partial charge in [0.2, 0.25) is 0 Å². The van der Waals surface area contributed by atoms with Crippen LogP contribution in [-0.4, -0.2) is 32.7 Å². The van der Waals surface area contributed by atoms with Crippen LogP contribution in [0.3, 0.4) is 0 Å². The van der Waals surface area contributed by atoms with E-state index in [0.717, 1.165) is 5.56 Å². The van der Waals surface area contributed by atoms with Gasteiger partial charge in [-0.05, 0) is 17.7 Å².